The van der Waals surface area contributed by atoms with E-state index in [2.05, 4.69) is 10.4 Å². The van der Waals surface area contributed by atoms with Gasteiger partial charge in [0, 0.05) is 0 Å². The van der Waals surface area contributed by atoms with E-state index in [1.54, 1.807) is 6.07 Å². The number of hydrogen-bond donors (Lipinski definition) is 0. The first-order valence-corrected chi connectivity index (χ1v) is 6.27. The van der Waals surface area contributed by atoms with Crippen molar-refractivity contribution in [1.29, 1.82) is 0 Å². The molecule has 1 aromatic rings. The van der Waals surface area contributed by atoms with Crippen molar-refractivity contribution in [2.45, 2.75) is 29.9 Å². The van der Waals surface area contributed by atoms with Crippen molar-refractivity contribution in [2.75, 3.05) is 6.54 Å². The number of rotatable bonds is 1. The number of benzene rings is 1. The summed E-state index contributed by atoms with van der Waals surface area (Å²) in [5.74, 6) is 0. The predicted octanol–water partition coefficient (Wildman–Crippen LogP) is -0.500. The largest absolute Gasteiger partial charge is 1.00 e. The van der Waals surface area contributed by atoms with Crippen molar-refractivity contribution in [1.82, 2.24) is 0 Å². The fourth-order valence-corrected chi connectivity index (χ4v) is 3.96. The van der Waals surface area contributed by atoms with Gasteiger partial charge < -0.3 is 0 Å². The van der Waals surface area contributed by atoms with Gasteiger partial charge in [-0.1, -0.05) is 4.90 Å². The molecule has 1 aliphatic heterocycles. The quantitative estimate of drug-likeness (QED) is 0.459. The maximum absolute atomic E-state index is 12.6. The molecule has 0 bridgehead atoms. The molecule has 0 spiro atoms. The van der Waals surface area contributed by atoms with Crippen LogP contribution in [0, 0.1) is 6.07 Å². The Kier molecular flexibility index (Phi) is 3.70. The molecule has 2 nitrogen and oxygen atoms in total. The zero-order valence-corrected chi connectivity index (χ0v) is 10.3. The standard InChI is InChI=1S/C11H14NOS.Li/c1-11(2)8-9-12-14(11,13)10-6-4-3-5-7-10;/h3-6H,8-9H2,1-2H3;/q-1;+1/t14-;/m1./s1. The molecule has 0 aromatic heterocycles. The van der Waals surface area contributed by atoms with Gasteiger partial charge >= 0.3 is 18.9 Å². The number of nitrogens with zero attached hydrogens (tertiary/aromatic N) is 1. The monoisotopic (exact) mass is 215 g/mol. The van der Waals surface area contributed by atoms with Crippen LogP contribution >= 0.6 is 0 Å². The second kappa shape index (κ2) is 4.33. The first kappa shape index (κ1) is 12.8. The molecular formula is C11H14LiNOS. The molecule has 0 N–H and O–H groups in total. The normalized spacial score (nSPS) is 27.9. The first-order valence-electron chi connectivity index (χ1n) is 4.75. The van der Waals surface area contributed by atoms with Crippen molar-refractivity contribution in [3.8, 4) is 0 Å². The van der Waals surface area contributed by atoms with Gasteiger partial charge in [-0.05, 0) is 20.3 Å². The average Bonchev–Trinajstić information content (AvgIpc) is 2.44. The van der Waals surface area contributed by atoms with Crippen LogP contribution in [0.5, 0.6) is 0 Å². The van der Waals surface area contributed by atoms with E-state index < -0.39 is 9.73 Å². The maximum Gasteiger partial charge on any atom is 1.00 e. The second-order valence-corrected chi connectivity index (χ2v) is 6.97. The van der Waals surface area contributed by atoms with Crippen LogP contribution in [0.4, 0.5) is 0 Å². The third-order valence-corrected chi connectivity index (χ3v) is 5.81. The van der Waals surface area contributed by atoms with Gasteiger partial charge in [-0.3, -0.25) is 0 Å². The van der Waals surface area contributed by atoms with Gasteiger partial charge in [0.15, 0.2) is 0 Å². The van der Waals surface area contributed by atoms with E-state index in [4.69, 9.17) is 0 Å². The Morgan fingerprint density at radius 2 is 2.20 bits per heavy atom. The van der Waals surface area contributed by atoms with Crippen LogP contribution in [-0.4, -0.2) is 15.5 Å². The average molecular weight is 215 g/mol. The summed E-state index contributed by atoms with van der Waals surface area (Å²) in [5.41, 5.74) is 0. The summed E-state index contributed by atoms with van der Waals surface area (Å²) in [6.45, 7) is 4.74. The zero-order chi connectivity index (χ0) is 10.2. The SMILES string of the molecule is CC1(C)CCN=[S@@]1(=O)c1[c-]cccc1.[Li+]. The molecule has 1 aromatic carbocycles. The summed E-state index contributed by atoms with van der Waals surface area (Å²) in [5, 5.41) is 0. The van der Waals surface area contributed by atoms with E-state index in [0.29, 0.717) is 6.54 Å². The van der Waals surface area contributed by atoms with Gasteiger partial charge in [0.25, 0.3) is 0 Å². The van der Waals surface area contributed by atoms with Crippen molar-refractivity contribution < 1.29 is 23.1 Å². The maximum atomic E-state index is 12.6. The van der Waals surface area contributed by atoms with Crippen LogP contribution in [-0.2, 0) is 9.73 Å². The summed E-state index contributed by atoms with van der Waals surface area (Å²) >= 11 is 0. The molecule has 0 unspecified atom stereocenters. The van der Waals surface area contributed by atoms with Gasteiger partial charge in [-0.15, -0.1) is 0 Å². The van der Waals surface area contributed by atoms with E-state index in [0.717, 1.165) is 11.3 Å². The molecule has 2 rings (SSSR count). The molecular weight excluding hydrogens is 201 g/mol. The Bertz CT molecular complexity index is 447. The van der Waals surface area contributed by atoms with Crippen LogP contribution in [0.3, 0.4) is 0 Å². The van der Waals surface area contributed by atoms with Crippen LogP contribution in [0.25, 0.3) is 0 Å². The molecule has 1 heterocycles. The van der Waals surface area contributed by atoms with E-state index >= 15 is 0 Å². The predicted molar refractivity (Wildman–Crippen MR) is 57.7 cm³/mol. The second-order valence-electron chi connectivity index (χ2n) is 4.12. The molecule has 4 heteroatoms. The summed E-state index contributed by atoms with van der Waals surface area (Å²) in [6, 6.07) is 10.5. The molecule has 15 heavy (non-hydrogen) atoms. The zero-order valence-electron chi connectivity index (χ0n) is 9.49. The smallest absolute Gasteiger partial charge is 0.246 e. The minimum absolute atomic E-state index is 0. The first-order chi connectivity index (χ1) is 6.56. The summed E-state index contributed by atoms with van der Waals surface area (Å²) < 4.78 is 16.7. The van der Waals surface area contributed by atoms with Gasteiger partial charge in [0.05, 0.1) is 21.0 Å². The van der Waals surface area contributed by atoms with Crippen molar-refractivity contribution in [3.63, 3.8) is 0 Å². The minimum atomic E-state index is -2.24. The van der Waals surface area contributed by atoms with Crippen LogP contribution in [0.2, 0.25) is 0 Å². The molecule has 0 radical (unpaired) electrons. The van der Waals surface area contributed by atoms with E-state index in [1.165, 1.54) is 0 Å². The van der Waals surface area contributed by atoms with Gasteiger partial charge in [0.1, 0.15) is 0 Å². The van der Waals surface area contributed by atoms with Gasteiger partial charge in [-0.2, -0.15) is 30.3 Å². The van der Waals surface area contributed by atoms with Crippen LogP contribution < -0.4 is 18.9 Å². The molecule has 0 saturated carbocycles. The van der Waals surface area contributed by atoms with Crippen molar-refractivity contribution >= 4 is 9.73 Å². The Morgan fingerprint density at radius 3 is 2.67 bits per heavy atom. The molecule has 1 aliphatic rings. The van der Waals surface area contributed by atoms with Crippen LogP contribution in [0.15, 0.2) is 33.5 Å². The Balaban J connectivity index is 0.00000112. The van der Waals surface area contributed by atoms with Crippen molar-refractivity contribution in [2.24, 2.45) is 4.36 Å². The van der Waals surface area contributed by atoms with Crippen LogP contribution in [0.1, 0.15) is 20.3 Å². The summed E-state index contributed by atoms with van der Waals surface area (Å²) in [6.07, 6.45) is 0.897. The Hall–Kier alpha value is -0.233. The Morgan fingerprint density at radius 1 is 1.47 bits per heavy atom. The molecule has 0 fully saturated rings. The van der Waals surface area contributed by atoms with E-state index in [-0.39, 0.29) is 23.6 Å². The molecule has 1 atom stereocenters. The number of hydrogen-bond acceptors (Lipinski definition) is 2. The molecule has 0 aliphatic carbocycles. The minimum Gasteiger partial charge on any atom is -0.246 e. The molecule has 0 saturated heterocycles. The van der Waals surface area contributed by atoms with E-state index in [1.807, 2.05) is 32.0 Å². The van der Waals surface area contributed by atoms with Crippen molar-refractivity contribution in [3.05, 3.63) is 30.3 Å². The summed E-state index contributed by atoms with van der Waals surface area (Å²) in [4.78, 5) is 0.752. The third-order valence-electron chi connectivity index (χ3n) is 2.71. The Labute approximate surface area is 104 Å². The van der Waals surface area contributed by atoms with E-state index in [9.17, 15) is 4.21 Å². The molecule has 76 valence electrons. The van der Waals surface area contributed by atoms with Gasteiger partial charge in [0.2, 0.25) is 0 Å². The summed E-state index contributed by atoms with van der Waals surface area (Å²) in [7, 11) is -2.24. The fourth-order valence-electron chi connectivity index (χ4n) is 1.67. The van der Waals surface area contributed by atoms with Gasteiger partial charge in [-0.25, -0.2) is 8.57 Å². The fraction of sp³-hybridized carbons (Fsp3) is 0.455. The molecule has 0 amide bonds. The topological polar surface area (TPSA) is 29.4 Å². The third kappa shape index (κ3) is 2.01.